The van der Waals surface area contributed by atoms with Gasteiger partial charge in [0.05, 0.1) is 13.2 Å². The third-order valence-electron chi connectivity index (χ3n) is 5.87. The van der Waals surface area contributed by atoms with Crippen LogP contribution in [0, 0.1) is 11.8 Å². The number of nitrogens with zero attached hydrogens (tertiary/aromatic N) is 1. The van der Waals surface area contributed by atoms with Gasteiger partial charge in [0.25, 0.3) is 0 Å². The Morgan fingerprint density at radius 1 is 1.17 bits per heavy atom. The summed E-state index contributed by atoms with van der Waals surface area (Å²) in [4.78, 5) is 2.64. The molecule has 0 bridgehead atoms. The summed E-state index contributed by atoms with van der Waals surface area (Å²) in [5.74, 6) is 2.53. The van der Waals surface area contributed by atoms with Crippen LogP contribution in [0.15, 0.2) is 47.2 Å². The lowest BCUT2D eigenvalue weighted by Gasteiger charge is -2.33. The Kier molecular flexibility index (Phi) is 3.71. The van der Waals surface area contributed by atoms with Crippen molar-refractivity contribution in [2.45, 2.75) is 45.6 Å². The smallest absolute Gasteiger partial charge is 0.119 e. The van der Waals surface area contributed by atoms with E-state index in [0.29, 0.717) is 12.0 Å². The molecule has 0 amide bonds. The van der Waals surface area contributed by atoms with Crippen molar-refractivity contribution in [1.29, 1.82) is 0 Å². The Morgan fingerprint density at radius 3 is 2.74 bits per heavy atom. The highest BCUT2D eigenvalue weighted by Gasteiger charge is 2.40. The Bertz CT molecular complexity index is 668. The summed E-state index contributed by atoms with van der Waals surface area (Å²) in [6, 6.07) is 9.20. The van der Waals surface area contributed by atoms with E-state index in [4.69, 9.17) is 4.74 Å². The van der Waals surface area contributed by atoms with E-state index in [0.717, 1.165) is 18.1 Å². The number of benzene rings is 1. The second kappa shape index (κ2) is 5.74. The molecule has 2 nitrogen and oxygen atoms in total. The minimum atomic E-state index is 0.490. The van der Waals surface area contributed by atoms with Gasteiger partial charge in [-0.2, -0.15) is 0 Å². The molecule has 23 heavy (non-hydrogen) atoms. The molecule has 0 radical (unpaired) electrons. The molecule has 1 aliphatic heterocycles. The minimum absolute atomic E-state index is 0.490. The van der Waals surface area contributed by atoms with Gasteiger partial charge in [0.2, 0.25) is 0 Å². The number of methoxy groups -OCH3 is 1. The van der Waals surface area contributed by atoms with Crippen molar-refractivity contribution in [3.8, 4) is 5.75 Å². The molecule has 1 saturated carbocycles. The highest BCUT2D eigenvalue weighted by Crippen LogP contribution is 2.49. The fourth-order valence-electron chi connectivity index (χ4n) is 4.22. The first-order valence-electron chi connectivity index (χ1n) is 8.91. The molecule has 1 heterocycles. The summed E-state index contributed by atoms with van der Waals surface area (Å²) in [5, 5.41) is 0. The van der Waals surface area contributed by atoms with Crippen molar-refractivity contribution in [3.63, 3.8) is 0 Å². The van der Waals surface area contributed by atoms with E-state index >= 15 is 0 Å². The van der Waals surface area contributed by atoms with Crippen LogP contribution < -0.4 is 4.74 Å². The maximum absolute atomic E-state index is 5.47. The van der Waals surface area contributed by atoms with E-state index < -0.39 is 0 Å². The van der Waals surface area contributed by atoms with Gasteiger partial charge >= 0.3 is 0 Å². The monoisotopic (exact) mass is 309 g/mol. The second-order valence-corrected chi connectivity index (χ2v) is 7.61. The molecule has 1 aromatic carbocycles. The van der Waals surface area contributed by atoms with Crippen LogP contribution in [0.3, 0.4) is 0 Å². The van der Waals surface area contributed by atoms with E-state index in [1.165, 1.54) is 31.4 Å². The Hall–Kier alpha value is -1.70. The summed E-state index contributed by atoms with van der Waals surface area (Å²) in [6.07, 6.45) is 7.68. The van der Waals surface area contributed by atoms with Gasteiger partial charge in [-0.1, -0.05) is 23.3 Å². The maximum atomic E-state index is 5.47. The van der Waals surface area contributed by atoms with E-state index in [1.54, 1.807) is 23.8 Å². The molecule has 4 rings (SSSR count). The fourth-order valence-corrected chi connectivity index (χ4v) is 4.22. The third kappa shape index (κ3) is 2.80. The normalized spacial score (nSPS) is 27.1. The second-order valence-electron chi connectivity index (χ2n) is 7.61. The van der Waals surface area contributed by atoms with Gasteiger partial charge in [-0.05, 0) is 74.9 Å². The molecule has 3 aliphatic rings. The predicted octanol–water partition coefficient (Wildman–Crippen LogP) is 5.09. The average molecular weight is 309 g/mol. The predicted molar refractivity (Wildman–Crippen MR) is 94.3 cm³/mol. The van der Waals surface area contributed by atoms with Gasteiger partial charge < -0.3 is 9.64 Å². The summed E-state index contributed by atoms with van der Waals surface area (Å²) >= 11 is 0. The van der Waals surface area contributed by atoms with Crippen LogP contribution in [0.5, 0.6) is 5.75 Å². The van der Waals surface area contributed by atoms with Crippen molar-refractivity contribution >= 4 is 0 Å². The van der Waals surface area contributed by atoms with Crippen LogP contribution in [0.25, 0.3) is 0 Å². The summed E-state index contributed by atoms with van der Waals surface area (Å²) in [7, 11) is 1.76. The zero-order valence-corrected chi connectivity index (χ0v) is 14.5. The van der Waals surface area contributed by atoms with Gasteiger partial charge in [0.15, 0.2) is 0 Å². The highest BCUT2D eigenvalue weighted by molar-refractivity contribution is 5.38. The number of hydrogen-bond acceptors (Lipinski definition) is 2. The van der Waals surface area contributed by atoms with Crippen LogP contribution in [-0.4, -0.2) is 18.6 Å². The zero-order chi connectivity index (χ0) is 16.0. The molecular formula is C21H27NO. The summed E-state index contributed by atoms with van der Waals surface area (Å²) < 4.78 is 5.47. The zero-order valence-electron chi connectivity index (χ0n) is 14.5. The molecule has 0 N–H and O–H groups in total. The maximum Gasteiger partial charge on any atom is 0.119 e. The van der Waals surface area contributed by atoms with Gasteiger partial charge in [0.1, 0.15) is 5.75 Å². The van der Waals surface area contributed by atoms with Crippen molar-refractivity contribution in [2.24, 2.45) is 11.8 Å². The Labute approximate surface area is 139 Å². The van der Waals surface area contributed by atoms with Crippen LogP contribution in [-0.2, 0) is 0 Å². The Balaban J connectivity index is 1.68. The molecule has 1 fully saturated rings. The Morgan fingerprint density at radius 2 is 2.00 bits per heavy atom. The first kappa shape index (κ1) is 14.9. The van der Waals surface area contributed by atoms with Crippen molar-refractivity contribution in [1.82, 2.24) is 4.90 Å². The lowest BCUT2D eigenvalue weighted by molar-refractivity contribution is 0.243. The standard InChI is InChI=1S/C21H27NO/c1-14-9-18-13-22(12-16-7-8-16)21(20(18)10-15(14)2)17-5-4-6-19(11-17)23-3/h4-6,11,13,16,20-21H,7-10,12H2,1-3H3/t20-,21+/m1/s1. The van der Waals surface area contributed by atoms with Crippen LogP contribution in [0.4, 0.5) is 0 Å². The third-order valence-corrected chi connectivity index (χ3v) is 5.87. The lowest BCUT2D eigenvalue weighted by atomic mass is 9.77. The molecule has 0 unspecified atom stereocenters. The molecule has 2 heteroatoms. The van der Waals surface area contributed by atoms with Crippen LogP contribution in [0.2, 0.25) is 0 Å². The lowest BCUT2D eigenvalue weighted by Crippen LogP contribution is -2.27. The van der Waals surface area contributed by atoms with E-state index in [9.17, 15) is 0 Å². The van der Waals surface area contributed by atoms with Crippen LogP contribution >= 0.6 is 0 Å². The average Bonchev–Trinajstić information content (AvgIpc) is 3.29. The van der Waals surface area contributed by atoms with Crippen molar-refractivity contribution in [3.05, 3.63) is 52.7 Å². The first-order valence-corrected chi connectivity index (χ1v) is 8.91. The van der Waals surface area contributed by atoms with E-state index in [-0.39, 0.29) is 0 Å². The number of allylic oxidation sites excluding steroid dienone is 2. The number of rotatable bonds is 4. The SMILES string of the molecule is COc1cccc([C@H]2[C@@H]3CC(C)=C(C)CC3=CN2CC2CC2)c1. The van der Waals surface area contributed by atoms with Crippen LogP contribution in [0.1, 0.15) is 51.1 Å². The van der Waals surface area contributed by atoms with Gasteiger partial charge in [0, 0.05) is 12.5 Å². The fraction of sp³-hybridized carbons (Fsp3) is 0.524. The molecule has 2 aliphatic carbocycles. The molecule has 1 aromatic rings. The highest BCUT2D eigenvalue weighted by atomic mass is 16.5. The minimum Gasteiger partial charge on any atom is -0.497 e. The van der Waals surface area contributed by atoms with E-state index in [1.807, 2.05) is 6.07 Å². The molecule has 0 spiro atoms. The first-order chi connectivity index (χ1) is 11.2. The van der Waals surface area contributed by atoms with Gasteiger partial charge in [-0.15, -0.1) is 0 Å². The van der Waals surface area contributed by atoms with Crippen molar-refractivity contribution in [2.75, 3.05) is 13.7 Å². The van der Waals surface area contributed by atoms with Gasteiger partial charge in [-0.25, -0.2) is 0 Å². The molecule has 122 valence electrons. The number of ether oxygens (including phenoxy) is 1. The number of hydrogen-bond donors (Lipinski definition) is 0. The molecular weight excluding hydrogens is 282 g/mol. The molecule has 0 saturated heterocycles. The van der Waals surface area contributed by atoms with E-state index in [2.05, 4.69) is 43.1 Å². The largest absolute Gasteiger partial charge is 0.497 e. The van der Waals surface area contributed by atoms with Gasteiger partial charge in [-0.3, -0.25) is 0 Å². The van der Waals surface area contributed by atoms with Crippen molar-refractivity contribution < 1.29 is 4.74 Å². The summed E-state index contributed by atoms with van der Waals surface area (Å²) in [6.45, 7) is 5.84. The summed E-state index contributed by atoms with van der Waals surface area (Å²) in [5.41, 5.74) is 6.22. The topological polar surface area (TPSA) is 12.5 Å². The molecule has 0 aromatic heterocycles. The number of fused-ring (bicyclic) bond motifs is 1. The quantitative estimate of drug-likeness (QED) is 0.718. The molecule has 2 atom stereocenters.